The summed E-state index contributed by atoms with van der Waals surface area (Å²) >= 11 is 0. The molecule has 1 heterocycles. The molecule has 0 atom stereocenters. The van der Waals surface area contributed by atoms with E-state index in [0.717, 1.165) is 11.6 Å². The van der Waals surface area contributed by atoms with Gasteiger partial charge in [-0.15, -0.1) is 0 Å². The summed E-state index contributed by atoms with van der Waals surface area (Å²) in [6.07, 6.45) is 2.25. The summed E-state index contributed by atoms with van der Waals surface area (Å²) in [6.45, 7) is 5.59. The Morgan fingerprint density at radius 1 is 1.21 bits per heavy atom. The molecule has 0 unspecified atom stereocenters. The van der Waals surface area contributed by atoms with Crippen molar-refractivity contribution < 1.29 is 19.2 Å². The minimum atomic E-state index is -0.959. The van der Waals surface area contributed by atoms with Crippen molar-refractivity contribution in [3.05, 3.63) is 85.3 Å². The molecule has 0 aliphatic rings. The van der Waals surface area contributed by atoms with Crippen LogP contribution in [0.5, 0.6) is 5.75 Å². The maximum absolute atomic E-state index is 12.6. The molecule has 2 aromatic carbocycles. The Morgan fingerprint density at radius 3 is 2.55 bits per heavy atom. The van der Waals surface area contributed by atoms with E-state index in [9.17, 15) is 24.8 Å². The molecule has 0 bridgehead atoms. The van der Waals surface area contributed by atoms with Crippen molar-refractivity contribution in [3.8, 4) is 5.75 Å². The van der Waals surface area contributed by atoms with E-state index in [1.54, 1.807) is 19.1 Å². The van der Waals surface area contributed by atoms with E-state index >= 15 is 0 Å². The largest absolute Gasteiger partial charge is 0.506 e. The number of aromatic hydroxyl groups is 1. The van der Waals surface area contributed by atoms with Gasteiger partial charge < -0.3 is 9.52 Å². The van der Waals surface area contributed by atoms with Gasteiger partial charge in [-0.25, -0.2) is 4.79 Å². The number of benzene rings is 2. The predicted octanol–water partition coefficient (Wildman–Crippen LogP) is 4.73. The molecule has 148 valence electrons. The van der Waals surface area contributed by atoms with Crippen LogP contribution in [0.1, 0.15) is 46.8 Å². The van der Waals surface area contributed by atoms with Crippen LogP contribution in [0.3, 0.4) is 0 Å². The van der Waals surface area contributed by atoms with Gasteiger partial charge in [0.25, 0.3) is 5.69 Å². The first-order valence-corrected chi connectivity index (χ1v) is 8.97. The topological polar surface area (TPSA) is 111 Å². The third kappa shape index (κ3) is 3.67. The molecule has 0 spiro atoms. The van der Waals surface area contributed by atoms with Crippen LogP contribution in [0.4, 0.5) is 5.69 Å². The lowest BCUT2D eigenvalue weighted by Crippen LogP contribution is -2.13. The van der Waals surface area contributed by atoms with Gasteiger partial charge in [-0.3, -0.25) is 14.9 Å². The van der Waals surface area contributed by atoms with E-state index in [4.69, 9.17) is 4.42 Å². The van der Waals surface area contributed by atoms with E-state index < -0.39 is 27.6 Å². The molecule has 0 amide bonds. The highest BCUT2D eigenvalue weighted by Crippen LogP contribution is 2.34. The number of hydrogen-bond donors (Lipinski definition) is 1. The average molecular weight is 393 g/mol. The van der Waals surface area contributed by atoms with Gasteiger partial charge in [0.2, 0.25) is 0 Å². The molecule has 1 N–H and O–H groups in total. The molecule has 0 aliphatic carbocycles. The van der Waals surface area contributed by atoms with Gasteiger partial charge in [0.15, 0.2) is 5.78 Å². The number of ketones is 1. The van der Waals surface area contributed by atoms with Gasteiger partial charge in [0.05, 0.1) is 15.9 Å². The number of rotatable bonds is 5. The summed E-state index contributed by atoms with van der Waals surface area (Å²) in [7, 11) is 0. The third-order valence-electron chi connectivity index (χ3n) is 4.69. The molecule has 7 heteroatoms. The molecule has 0 radical (unpaired) electrons. The zero-order valence-corrected chi connectivity index (χ0v) is 16.1. The zero-order valence-electron chi connectivity index (χ0n) is 16.1. The van der Waals surface area contributed by atoms with Gasteiger partial charge >= 0.3 is 5.63 Å². The number of aryl methyl sites for hydroxylation is 1. The summed E-state index contributed by atoms with van der Waals surface area (Å²) < 4.78 is 5.40. The molecule has 3 aromatic rings. The van der Waals surface area contributed by atoms with Crippen LogP contribution in [0.15, 0.2) is 51.7 Å². The number of para-hydroxylation sites is 1. The molecule has 1 aromatic heterocycles. The monoisotopic (exact) mass is 393 g/mol. The highest BCUT2D eigenvalue weighted by molar-refractivity contribution is 6.11. The number of carbonyl (C=O) groups is 1. The van der Waals surface area contributed by atoms with Crippen LogP contribution in [0.25, 0.3) is 17.0 Å². The molecule has 29 heavy (non-hydrogen) atoms. The van der Waals surface area contributed by atoms with Crippen LogP contribution in [0.2, 0.25) is 0 Å². The van der Waals surface area contributed by atoms with E-state index in [-0.39, 0.29) is 22.8 Å². The Morgan fingerprint density at radius 2 is 1.90 bits per heavy atom. The third-order valence-corrected chi connectivity index (χ3v) is 4.69. The lowest BCUT2D eigenvalue weighted by Gasteiger charge is -2.12. The van der Waals surface area contributed by atoms with E-state index in [2.05, 4.69) is 0 Å². The SMILES string of the molecule is Cc1ccc(C(C)C)c2oc(=O)c(C(=O)/C=C/c3ccccc3[N+](=O)[O-])c(O)c12. The smallest absolute Gasteiger partial charge is 0.351 e. The quantitative estimate of drug-likeness (QED) is 0.220. The Bertz CT molecular complexity index is 1220. The molecular weight excluding hydrogens is 374 g/mol. The van der Waals surface area contributed by atoms with Crippen LogP contribution < -0.4 is 5.63 Å². The van der Waals surface area contributed by atoms with Crippen LogP contribution in [-0.2, 0) is 0 Å². The van der Waals surface area contributed by atoms with Crippen molar-refractivity contribution in [1.29, 1.82) is 0 Å². The number of allylic oxidation sites excluding steroid dienone is 1. The predicted molar refractivity (Wildman–Crippen MR) is 109 cm³/mol. The van der Waals surface area contributed by atoms with Gasteiger partial charge in [-0.2, -0.15) is 0 Å². The molecule has 7 nitrogen and oxygen atoms in total. The van der Waals surface area contributed by atoms with E-state index in [1.807, 2.05) is 19.9 Å². The fraction of sp³-hybridized carbons (Fsp3) is 0.182. The van der Waals surface area contributed by atoms with Crippen molar-refractivity contribution in [3.63, 3.8) is 0 Å². The average Bonchev–Trinajstić information content (AvgIpc) is 2.66. The second-order valence-corrected chi connectivity index (χ2v) is 6.96. The standard InChI is InChI=1S/C22H19NO6/c1-12(2)15-10-8-13(3)18-20(25)19(22(26)29-21(15)18)17(24)11-9-14-6-4-5-7-16(14)23(27)28/h4-12,25H,1-3H3/b11-9+. The van der Waals surface area contributed by atoms with Crippen molar-refractivity contribution in [1.82, 2.24) is 0 Å². The second kappa shape index (κ2) is 7.71. The van der Waals surface area contributed by atoms with Crippen molar-refractivity contribution in [2.45, 2.75) is 26.7 Å². The molecule has 0 fully saturated rings. The summed E-state index contributed by atoms with van der Waals surface area (Å²) in [4.78, 5) is 35.6. The number of hydrogen-bond acceptors (Lipinski definition) is 6. The normalized spacial score (nSPS) is 11.4. The highest BCUT2D eigenvalue weighted by Gasteiger charge is 2.23. The van der Waals surface area contributed by atoms with Gasteiger partial charge in [-0.05, 0) is 42.2 Å². The van der Waals surface area contributed by atoms with Crippen molar-refractivity contribution >= 4 is 28.5 Å². The number of nitro benzene ring substituents is 1. The van der Waals surface area contributed by atoms with Gasteiger partial charge in [0.1, 0.15) is 16.9 Å². The zero-order chi connectivity index (χ0) is 21.3. The highest BCUT2D eigenvalue weighted by atomic mass is 16.6. The molecule has 3 rings (SSSR count). The van der Waals surface area contributed by atoms with E-state index in [1.165, 1.54) is 24.3 Å². The lowest BCUT2D eigenvalue weighted by atomic mass is 9.96. The summed E-state index contributed by atoms with van der Waals surface area (Å²) in [6, 6.07) is 9.49. The van der Waals surface area contributed by atoms with Crippen LogP contribution in [-0.4, -0.2) is 15.8 Å². The first-order valence-electron chi connectivity index (χ1n) is 8.97. The Labute approximate surface area is 166 Å². The molecular formula is C22H19NO6. The minimum absolute atomic E-state index is 0.0423. The maximum atomic E-state index is 12.6. The summed E-state index contributed by atoms with van der Waals surface area (Å²) in [5.41, 5.74) is 0.213. The number of nitrogens with zero attached hydrogens (tertiary/aromatic N) is 1. The van der Waals surface area contributed by atoms with E-state index in [0.29, 0.717) is 10.9 Å². The maximum Gasteiger partial charge on any atom is 0.351 e. The number of carbonyl (C=O) groups excluding carboxylic acids is 1. The second-order valence-electron chi connectivity index (χ2n) is 6.96. The number of nitro groups is 1. The Balaban J connectivity index is 2.14. The van der Waals surface area contributed by atoms with Gasteiger partial charge in [0, 0.05) is 6.07 Å². The molecule has 0 aliphatic heterocycles. The fourth-order valence-electron chi connectivity index (χ4n) is 3.18. The first kappa shape index (κ1) is 20.0. The fourth-order valence-corrected chi connectivity index (χ4v) is 3.18. The van der Waals surface area contributed by atoms with Crippen LogP contribution >= 0.6 is 0 Å². The number of fused-ring (bicyclic) bond motifs is 1. The minimum Gasteiger partial charge on any atom is -0.506 e. The Hall–Kier alpha value is -3.74. The first-order chi connectivity index (χ1) is 13.7. The summed E-state index contributed by atoms with van der Waals surface area (Å²) in [5, 5.41) is 22.1. The summed E-state index contributed by atoms with van der Waals surface area (Å²) in [5.74, 6) is -1.21. The lowest BCUT2D eigenvalue weighted by molar-refractivity contribution is -0.385. The van der Waals surface area contributed by atoms with Crippen molar-refractivity contribution in [2.75, 3.05) is 0 Å². The molecule has 0 saturated heterocycles. The van der Waals surface area contributed by atoms with Crippen LogP contribution in [0, 0.1) is 17.0 Å². The van der Waals surface area contributed by atoms with Crippen molar-refractivity contribution in [2.24, 2.45) is 0 Å². The molecule has 0 saturated carbocycles. The Kier molecular flexibility index (Phi) is 5.32. The van der Waals surface area contributed by atoms with Gasteiger partial charge in [-0.1, -0.05) is 38.1 Å².